The first-order chi connectivity index (χ1) is 9.79. The van der Waals surface area contributed by atoms with Gasteiger partial charge in [-0.05, 0) is 38.1 Å². The minimum atomic E-state index is 0.484. The molecule has 0 heterocycles. The number of aryl methyl sites for hydroxylation is 1. The maximum Gasteiger partial charge on any atom is 0.161 e. The van der Waals surface area contributed by atoms with E-state index in [1.807, 2.05) is 55.5 Å². The van der Waals surface area contributed by atoms with Gasteiger partial charge in [-0.3, -0.25) is 0 Å². The number of ether oxygens (including phenoxy) is 3. The molecule has 2 rings (SSSR count). The summed E-state index contributed by atoms with van der Waals surface area (Å²) >= 11 is 0. The number of para-hydroxylation sites is 2. The standard InChI is InChI=1S/C17H20O3/c1-3-18-16-6-4-5-7-17(16)20-13-12-19-15-10-8-14(2)9-11-15/h4-11H,3,12-13H2,1-2H3. The minimum absolute atomic E-state index is 0.484. The highest BCUT2D eigenvalue weighted by molar-refractivity contribution is 5.39. The van der Waals surface area contributed by atoms with Crippen LogP contribution in [0.2, 0.25) is 0 Å². The van der Waals surface area contributed by atoms with E-state index in [1.165, 1.54) is 5.56 Å². The first kappa shape index (κ1) is 14.3. The van der Waals surface area contributed by atoms with Crippen molar-refractivity contribution in [3.8, 4) is 17.2 Å². The van der Waals surface area contributed by atoms with Crippen molar-refractivity contribution in [3.05, 3.63) is 54.1 Å². The van der Waals surface area contributed by atoms with Gasteiger partial charge in [-0.1, -0.05) is 29.8 Å². The molecule has 3 heteroatoms. The number of rotatable bonds is 7. The van der Waals surface area contributed by atoms with Crippen LogP contribution in [0.5, 0.6) is 17.2 Å². The molecule has 0 fully saturated rings. The van der Waals surface area contributed by atoms with E-state index in [0.717, 1.165) is 17.2 Å². The molecule has 0 N–H and O–H groups in total. The average molecular weight is 272 g/mol. The highest BCUT2D eigenvalue weighted by Gasteiger charge is 2.03. The van der Waals surface area contributed by atoms with Gasteiger partial charge in [0, 0.05) is 0 Å². The maximum atomic E-state index is 5.69. The van der Waals surface area contributed by atoms with Crippen LogP contribution >= 0.6 is 0 Å². The van der Waals surface area contributed by atoms with Gasteiger partial charge in [-0.15, -0.1) is 0 Å². The molecule has 0 amide bonds. The van der Waals surface area contributed by atoms with Crippen LogP contribution < -0.4 is 14.2 Å². The van der Waals surface area contributed by atoms with Crippen LogP contribution in [0.4, 0.5) is 0 Å². The lowest BCUT2D eigenvalue weighted by molar-refractivity contribution is 0.208. The zero-order valence-corrected chi connectivity index (χ0v) is 12.0. The predicted octanol–water partition coefficient (Wildman–Crippen LogP) is 3.85. The second kappa shape index (κ2) is 7.43. The summed E-state index contributed by atoms with van der Waals surface area (Å²) in [4.78, 5) is 0. The Morgan fingerprint density at radius 3 is 2.00 bits per heavy atom. The first-order valence-electron chi connectivity index (χ1n) is 6.83. The topological polar surface area (TPSA) is 27.7 Å². The zero-order valence-electron chi connectivity index (χ0n) is 12.0. The summed E-state index contributed by atoms with van der Waals surface area (Å²) in [5, 5.41) is 0. The summed E-state index contributed by atoms with van der Waals surface area (Å²) in [6.45, 7) is 5.62. The molecule has 3 nitrogen and oxygen atoms in total. The van der Waals surface area contributed by atoms with Gasteiger partial charge in [0.15, 0.2) is 11.5 Å². The van der Waals surface area contributed by atoms with Crippen molar-refractivity contribution < 1.29 is 14.2 Å². The minimum Gasteiger partial charge on any atom is -0.490 e. The monoisotopic (exact) mass is 272 g/mol. The van der Waals surface area contributed by atoms with Crippen molar-refractivity contribution in [2.75, 3.05) is 19.8 Å². The second-order valence-corrected chi connectivity index (χ2v) is 4.39. The molecule has 0 aromatic heterocycles. The molecular weight excluding hydrogens is 252 g/mol. The van der Waals surface area contributed by atoms with E-state index in [-0.39, 0.29) is 0 Å². The van der Waals surface area contributed by atoms with Crippen LogP contribution in [0.25, 0.3) is 0 Å². The van der Waals surface area contributed by atoms with Gasteiger partial charge in [0.2, 0.25) is 0 Å². The van der Waals surface area contributed by atoms with Gasteiger partial charge in [0.25, 0.3) is 0 Å². The molecule has 2 aromatic rings. The van der Waals surface area contributed by atoms with Crippen LogP contribution in [-0.2, 0) is 0 Å². The largest absolute Gasteiger partial charge is 0.490 e. The van der Waals surface area contributed by atoms with Crippen molar-refractivity contribution in [2.45, 2.75) is 13.8 Å². The molecule has 0 bridgehead atoms. The van der Waals surface area contributed by atoms with Crippen molar-refractivity contribution in [2.24, 2.45) is 0 Å². The molecule has 0 saturated heterocycles. The van der Waals surface area contributed by atoms with E-state index >= 15 is 0 Å². The van der Waals surface area contributed by atoms with Gasteiger partial charge in [-0.2, -0.15) is 0 Å². The van der Waals surface area contributed by atoms with Gasteiger partial charge < -0.3 is 14.2 Å². The smallest absolute Gasteiger partial charge is 0.161 e. The van der Waals surface area contributed by atoms with E-state index in [1.54, 1.807) is 0 Å². The molecule has 20 heavy (non-hydrogen) atoms. The molecular formula is C17H20O3. The summed E-state index contributed by atoms with van der Waals surface area (Å²) in [7, 11) is 0. The lowest BCUT2D eigenvalue weighted by Gasteiger charge is -2.12. The van der Waals surface area contributed by atoms with Gasteiger partial charge in [-0.25, -0.2) is 0 Å². The Labute approximate surface area is 120 Å². The van der Waals surface area contributed by atoms with Gasteiger partial charge in [0.1, 0.15) is 19.0 Å². The van der Waals surface area contributed by atoms with Crippen LogP contribution in [0, 0.1) is 6.92 Å². The highest BCUT2D eigenvalue weighted by Crippen LogP contribution is 2.26. The Hall–Kier alpha value is -2.16. The zero-order chi connectivity index (χ0) is 14.2. The third-order valence-corrected chi connectivity index (χ3v) is 2.78. The van der Waals surface area contributed by atoms with Crippen LogP contribution in [-0.4, -0.2) is 19.8 Å². The average Bonchev–Trinajstić information content (AvgIpc) is 2.47. The van der Waals surface area contributed by atoms with E-state index in [2.05, 4.69) is 6.92 Å². The van der Waals surface area contributed by atoms with Crippen LogP contribution in [0.3, 0.4) is 0 Å². The Morgan fingerprint density at radius 1 is 0.750 bits per heavy atom. The Balaban J connectivity index is 1.79. The third kappa shape index (κ3) is 4.19. The Bertz CT molecular complexity index is 520. The van der Waals surface area contributed by atoms with Gasteiger partial charge >= 0.3 is 0 Å². The quantitative estimate of drug-likeness (QED) is 0.716. The van der Waals surface area contributed by atoms with Crippen molar-refractivity contribution in [3.63, 3.8) is 0 Å². The van der Waals surface area contributed by atoms with Crippen LogP contribution in [0.15, 0.2) is 48.5 Å². The molecule has 0 spiro atoms. The normalized spacial score (nSPS) is 10.1. The fraction of sp³-hybridized carbons (Fsp3) is 0.294. The predicted molar refractivity (Wildman–Crippen MR) is 79.8 cm³/mol. The highest BCUT2D eigenvalue weighted by atomic mass is 16.5. The fourth-order valence-corrected chi connectivity index (χ4v) is 1.79. The summed E-state index contributed by atoms with van der Waals surface area (Å²) < 4.78 is 16.8. The molecule has 0 aliphatic heterocycles. The van der Waals surface area contributed by atoms with Crippen molar-refractivity contribution in [1.29, 1.82) is 0 Å². The summed E-state index contributed by atoms with van der Waals surface area (Å²) in [5.74, 6) is 2.38. The number of hydrogen-bond acceptors (Lipinski definition) is 3. The number of hydrogen-bond donors (Lipinski definition) is 0. The molecule has 0 saturated carbocycles. The summed E-state index contributed by atoms with van der Waals surface area (Å²) in [6, 6.07) is 15.6. The first-order valence-corrected chi connectivity index (χ1v) is 6.83. The van der Waals surface area contributed by atoms with Crippen molar-refractivity contribution in [1.82, 2.24) is 0 Å². The molecule has 106 valence electrons. The van der Waals surface area contributed by atoms with E-state index in [0.29, 0.717) is 19.8 Å². The fourth-order valence-electron chi connectivity index (χ4n) is 1.79. The molecule has 2 aromatic carbocycles. The second-order valence-electron chi connectivity index (χ2n) is 4.39. The maximum absolute atomic E-state index is 5.69. The van der Waals surface area contributed by atoms with Crippen molar-refractivity contribution >= 4 is 0 Å². The molecule has 0 radical (unpaired) electrons. The van der Waals surface area contributed by atoms with E-state index < -0.39 is 0 Å². The third-order valence-electron chi connectivity index (χ3n) is 2.78. The summed E-state index contributed by atoms with van der Waals surface area (Å²) in [5.41, 5.74) is 1.22. The molecule has 0 aliphatic carbocycles. The molecule has 0 aliphatic rings. The lowest BCUT2D eigenvalue weighted by atomic mass is 10.2. The number of benzene rings is 2. The Kier molecular flexibility index (Phi) is 5.30. The van der Waals surface area contributed by atoms with E-state index in [9.17, 15) is 0 Å². The van der Waals surface area contributed by atoms with Crippen LogP contribution in [0.1, 0.15) is 12.5 Å². The Morgan fingerprint density at radius 2 is 1.35 bits per heavy atom. The van der Waals surface area contributed by atoms with E-state index in [4.69, 9.17) is 14.2 Å². The molecule has 0 atom stereocenters. The molecule has 0 unspecified atom stereocenters. The van der Waals surface area contributed by atoms with Gasteiger partial charge in [0.05, 0.1) is 6.61 Å². The SMILES string of the molecule is CCOc1ccccc1OCCOc1ccc(C)cc1. The lowest BCUT2D eigenvalue weighted by Crippen LogP contribution is -2.09. The summed E-state index contributed by atoms with van der Waals surface area (Å²) in [6.07, 6.45) is 0.